The predicted octanol–water partition coefficient (Wildman–Crippen LogP) is -1.69. The van der Waals surface area contributed by atoms with Gasteiger partial charge in [-0.1, -0.05) is 0 Å². The maximum Gasteiger partial charge on any atom is 0.237 e. The van der Waals surface area contributed by atoms with Crippen molar-refractivity contribution in [1.82, 2.24) is 4.90 Å². The van der Waals surface area contributed by atoms with Gasteiger partial charge in [-0.05, 0) is 13.3 Å². The van der Waals surface area contributed by atoms with Gasteiger partial charge in [0.05, 0.1) is 17.0 Å². The number of amides is 1. The second kappa shape index (κ2) is 4.68. The maximum absolute atomic E-state index is 11.2. The van der Waals surface area contributed by atoms with Crippen molar-refractivity contribution in [3.63, 3.8) is 0 Å². The van der Waals surface area contributed by atoms with Gasteiger partial charge in [-0.25, -0.2) is 8.42 Å². The summed E-state index contributed by atoms with van der Waals surface area (Å²) in [4.78, 5) is 13.0. The SMILES string of the molecule is CC(N)(CCN1CCS(=O)(=O)CC1)C(N)=O. The molecule has 1 heterocycles. The monoisotopic (exact) mass is 249 g/mol. The molecule has 0 saturated carbocycles. The fourth-order valence-corrected chi connectivity index (χ4v) is 2.76. The third-order valence-corrected chi connectivity index (χ3v) is 4.56. The van der Waals surface area contributed by atoms with Gasteiger partial charge in [0.2, 0.25) is 5.91 Å². The van der Waals surface area contributed by atoms with Crippen molar-refractivity contribution in [2.45, 2.75) is 18.9 Å². The highest BCUT2D eigenvalue weighted by molar-refractivity contribution is 7.91. The summed E-state index contributed by atoms with van der Waals surface area (Å²) in [6.07, 6.45) is 0.447. The van der Waals surface area contributed by atoms with Gasteiger partial charge in [-0.2, -0.15) is 0 Å². The third-order valence-electron chi connectivity index (χ3n) is 2.95. The Morgan fingerprint density at radius 2 is 1.88 bits per heavy atom. The molecule has 1 saturated heterocycles. The molecule has 0 aromatic rings. The highest BCUT2D eigenvalue weighted by atomic mass is 32.2. The second-order valence-corrected chi connectivity index (χ2v) is 6.83. The molecule has 1 fully saturated rings. The van der Waals surface area contributed by atoms with Crippen molar-refractivity contribution < 1.29 is 13.2 Å². The Bertz CT molecular complexity index is 350. The van der Waals surface area contributed by atoms with Crippen LogP contribution in [0.2, 0.25) is 0 Å². The summed E-state index contributed by atoms with van der Waals surface area (Å²) < 4.78 is 22.4. The number of hydrogen-bond donors (Lipinski definition) is 2. The second-order valence-electron chi connectivity index (χ2n) is 4.53. The molecule has 0 aromatic carbocycles. The molecule has 0 radical (unpaired) electrons. The molecular weight excluding hydrogens is 230 g/mol. The van der Waals surface area contributed by atoms with E-state index in [0.29, 0.717) is 26.1 Å². The first-order valence-electron chi connectivity index (χ1n) is 5.24. The molecule has 0 bridgehead atoms. The highest BCUT2D eigenvalue weighted by Gasteiger charge is 2.28. The quantitative estimate of drug-likeness (QED) is 0.618. The van der Waals surface area contributed by atoms with Gasteiger partial charge in [0.1, 0.15) is 0 Å². The van der Waals surface area contributed by atoms with Gasteiger partial charge >= 0.3 is 0 Å². The molecule has 94 valence electrons. The van der Waals surface area contributed by atoms with E-state index in [1.807, 2.05) is 4.90 Å². The van der Waals surface area contributed by atoms with Crippen LogP contribution in [0.15, 0.2) is 0 Å². The lowest BCUT2D eigenvalue weighted by molar-refractivity contribution is -0.122. The first-order chi connectivity index (χ1) is 7.23. The molecule has 1 unspecified atom stereocenters. The van der Waals surface area contributed by atoms with Crippen molar-refractivity contribution in [3.05, 3.63) is 0 Å². The van der Waals surface area contributed by atoms with Crippen molar-refractivity contribution >= 4 is 15.7 Å². The summed E-state index contributed by atoms with van der Waals surface area (Å²) >= 11 is 0. The fraction of sp³-hybridized carbons (Fsp3) is 0.889. The van der Waals surface area contributed by atoms with Gasteiger partial charge in [0.15, 0.2) is 9.84 Å². The molecule has 0 spiro atoms. The summed E-state index contributed by atoms with van der Waals surface area (Å²) in [5, 5.41) is 0. The van der Waals surface area contributed by atoms with Crippen LogP contribution in [0.1, 0.15) is 13.3 Å². The molecule has 16 heavy (non-hydrogen) atoms. The van der Waals surface area contributed by atoms with E-state index >= 15 is 0 Å². The fourth-order valence-electron chi connectivity index (χ4n) is 1.49. The number of hydrogen-bond acceptors (Lipinski definition) is 5. The predicted molar refractivity (Wildman–Crippen MR) is 61.5 cm³/mol. The van der Waals surface area contributed by atoms with Crippen molar-refractivity contribution in [3.8, 4) is 0 Å². The Kier molecular flexibility index (Phi) is 3.92. The zero-order chi connectivity index (χ0) is 12.4. The highest BCUT2D eigenvalue weighted by Crippen LogP contribution is 2.09. The van der Waals surface area contributed by atoms with Crippen LogP contribution in [-0.2, 0) is 14.6 Å². The number of primary amides is 1. The minimum atomic E-state index is -2.85. The minimum absolute atomic E-state index is 0.185. The topological polar surface area (TPSA) is 106 Å². The van der Waals surface area contributed by atoms with Gasteiger partial charge in [-0.3, -0.25) is 4.79 Å². The Morgan fingerprint density at radius 1 is 1.38 bits per heavy atom. The van der Waals surface area contributed by atoms with Gasteiger partial charge in [0.25, 0.3) is 0 Å². The molecule has 0 aromatic heterocycles. The van der Waals surface area contributed by atoms with Gasteiger partial charge in [-0.15, -0.1) is 0 Å². The van der Waals surface area contributed by atoms with Crippen LogP contribution in [0.5, 0.6) is 0 Å². The van der Waals surface area contributed by atoms with E-state index in [1.165, 1.54) is 0 Å². The maximum atomic E-state index is 11.2. The molecule has 0 aliphatic carbocycles. The van der Waals surface area contributed by atoms with E-state index in [0.717, 1.165) is 0 Å². The zero-order valence-corrected chi connectivity index (χ0v) is 10.3. The lowest BCUT2D eigenvalue weighted by Crippen LogP contribution is -2.52. The lowest BCUT2D eigenvalue weighted by Gasteiger charge is -2.29. The minimum Gasteiger partial charge on any atom is -0.368 e. The first-order valence-corrected chi connectivity index (χ1v) is 7.07. The summed E-state index contributed by atoms with van der Waals surface area (Å²) in [5.41, 5.74) is 9.84. The van der Waals surface area contributed by atoms with Crippen LogP contribution in [-0.4, -0.2) is 55.9 Å². The lowest BCUT2D eigenvalue weighted by atomic mass is 9.98. The van der Waals surface area contributed by atoms with E-state index < -0.39 is 21.3 Å². The Balaban J connectivity index is 2.38. The number of nitrogens with two attached hydrogens (primary N) is 2. The molecule has 1 amide bonds. The van der Waals surface area contributed by atoms with Crippen LogP contribution >= 0.6 is 0 Å². The van der Waals surface area contributed by atoms with E-state index in [-0.39, 0.29) is 11.5 Å². The van der Waals surface area contributed by atoms with Crippen LogP contribution in [0.4, 0.5) is 0 Å². The van der Waals surface area contributed by atoms with Crippen LogP contribution in [0.3, 0.4) is 0 Å². The molecule has 1 atom stereocenters. The van der Waals surface area contributed by atoms with Crippen molar-refractivity contribution in [2.75, 3.05) is 31.1 Å². The Labute approximate surface area is 95.9 Å². The molecule has 1 aliphatic heterocycles. The third kappa shape index (κ3) is 3.73. The molecular formula is C9H19N3O3S. The number of nitrogens with zero attached hydrogens (tertiary/aromatic N) is 1. The first kappa shape index (κ1) is 13.4. The van der Waals surface area contributed by atoms with E-state index in [1.54, 1.807) is 6.92 Å². The van der Waals surface area contributed by atoms with Crippen molar-refractivity contribution in [1.29, 1.82) is 0 Å². The van der Waals surface area contributed by atoms with Gasteiger partial charge < -0.3 is 16.4 Å². The van der Waals surface area contributed by atoms with Gasteiger partial charge in [0, 0.05) is 19.6 Å². The average Bonchev–Trinajstić information content (AvgIpc) is 2.16. The summed E-state index contributed by atoms with van der Waals surface area (Å²) in [5.74, 6) is -0.160. The van der Waals surface area contributed by atoms with E-state index in [4.69, 9.17) is 11.5 Å². The molecule has 7 heteroatoms. The van der Waals surface area contributed by atoms with Crippen LogP contribution in [0, 0.1) is 0 Å². The number of carbonyl (C=O) groups is 1. The summed E-state index contributed by atoms with van der Waals surface area (Å²) in [6.45, 7) is 3.22. The smallest absolute Gasteiger partial charge is 0.237 e. The van der Waals surface area contributed by atoms with E-state index in [2.05, 4.69) is 0 Å². The molecule has 6 nitrogen and oxygen atoms in total. The van der Waals surface area contributed by atoms with Crippen molar-refractivity contribution in [2.24, 2.45) is 11.5 Å². The normalized spacial score (nSPS) is 24.9. The molecule has 1 rings (SSSR count). The zero-order valence-electron chi connectivity index (χ0n) is 9.48. The van der Waals surface area contributed by atoms with Crippen LogP contribution < -0.4 is 11.5 Å². The number of rotatable bonds is 4. The standard InChI is InChI=1S/C9H19N3O3S/c1-9(11,8(10)13)2-3-12-4-6-16(14,15)7-5-12/h2-7,11H2,1H3,(H2,10,13). The van der Waals surface area contributed by atoms with Crippen LogP contribution in [0.25, 0.3) is 0 Å². The number of sulfone groups is 1. The average molecular weight is 249 g/mol. The summed E-state index contributed by atoms with van der Waals surface area (Å²) in [7, 11) is -2.85. The number of carbonyl (C=O) groups excluding carboxylic acids is 1. The molecule has 1 aliphatic rings. The summed E-state index contributed by atoms with van der Waals surface area (Å²) in [6, 6.07) is 0. The largest absolute Gasteiger partial charge is 0.368 e. The molecule has 4 N–H and O–H groups in total. The van der Waals surface area contributed by atoms with E-state index in [9.17, 15) is 13.2 Å². The Morgan fingerprint density at radius 3 is 2.31 bits per heavy atom. The Hall–Kier alpha value is -0.660.